The van der Waals surface area contributed by atoms with Crippen LogP contribution in [0.1, 0.15) is 60.0 Å². The summed E-state index contributed by atoms with van der Waals surface area (Å²) in [5.74, 6) is 1.27. The van der Waals surface area contributed by atoms with Crippen molar-refractivity contribution in [2.24, 2.45) is 0 Å². The molecule has 1 fully saturated rings. The summed E-state index contributed by atoms with van der Waals surface area (Å²) in [5.41, 5.74) is 3.73. The maximum atomic E-state index is 13.4. The normalized spacial score (nSPS) is 18.5. The first-order valence-electron chi connectivity index (χ1n) is 17.0. The highest BCUT2D eigenvalue weighted by Gasteiger charge is 2.31. The fraction of sp³-hybridized carbons (Fsp3) is 0.432. The lowest BCUT2D eigenvalue weighted by Gasteiger charge is -2.26. The molecule has 6 rings (SSSR count). The van der Waals surface area contributed by atoms with Crippen molar-refractivity contribution in [1.29, 1.82) is 0 Å². The zero-order valence-electron chi connectivity index (χ0n) is 27.9. The number of pyridine rings is 1. The fourth-order valence-corrected chi connectivity index (χ4v) is 6.51. The van der Waals surface area contributed by atoms with Gasteiger partial charge in [-0.2, -0.15) is 0 Å². The summed E-state index contributed by atoms with van der Waals surface area (Å²) in [6.07, 6.45) is 7.19. The van der Waals surface area contributed by atoms with Gasteiger partial charge in [0, 0.05) is 68.1 Å². The molecule has 1 saturated heterocycles. The van der Waals surface area contributed by atoms with E-state index in [1.807, 2.05) is 30.3 Å². The van der Waals surface area contributed by atoms with Gasteiger partial charge in [0.1, 0.15) is 18.4 Å². The Hall–Kier alpha value is -5.13. The molecule has 2 aromatic carbocycles. The van der Waals surface area contributed by atoms with Crippen molar-refractivity contribution in [1.82, 2.24) is 25.4 Å². The number of aromatic nitrogens is 1. The van der Waals surface area contributed by atoms with Crippen LogP contribution in [-0.2, 0) is 27.3 Å². The number of carbonyl (C=O) groups excluding carboxylic acids is 4. The van der Waals surface area contributed by atoms with Crippen LogP contribution in [-0.4, -0.2) is 91.0 Å². The predicted octanol–water partition coefficient (Wildman–Crippen LogP) is 3.51. The van der Waals surface area contributed by atoms with E-state index in [9.17, 15) is 19.2 Å². The molecule has 49 heavy (non-hydrogen) atoms. The first-order chi connectivity index (χ1) is 23.9. The Morgan fingerprint density at radius 2 is 1.86 bits per heavy atom. The van der Waals surface area contributed by atoms with E-state index in [0.717, 1.165) is 16.7 Å². The second-order valence-corrected chi connectivity index (χ2v) is 12.6. The number of amides is 4. The van der Waals surface area contributed by atoms with Gasteiger partial charge in [-0.15, -0.1) is 0 Å². The van der Waals surface area contributed by atoms with Gasteiger partial charge >= 0.3 is 0 Å². The summed E-state index contributed by atoms with van der Waals surface area (Å²) < 4.78 is 18.4. The van der Waals surface area contributed by atoms with Crippen molar-refractivity contribution in [3.05, 3.63) is 71.5 Å². The number of aryl methyl sites for hydroxylation is 1. The topological polar surface area (TPSA) is 139 Å². The lowest BCUT2D eigenvalue weighted by Crippen LogP contribution is -2.45. The number of rotatable bonds is 5. The molecule has 3 aromatic rings. The van der Waals surface area contributed by atoms with Gasteiger partial charge in [-0.3, -0.25) is 24.2 Å². The molecule has 4 bridgehead atoms. The van der Waals surface area contributed by atoms with Crippen LogP contribution in [0.3, 0.4) is 0 Å². The minimum absolute atomic E-state index is 0.0122. The minimum atomic E-state index is -0.514. The average Bonchev–Trinajstić information content (AvgIpc) is 3.44. The Kier molecular flexibility index (Phi) is 10.9. The number of nitrogens with one attached hydrogen (secondary N) is 2. The van der Waals surface area contributed by atoms with Gasteiger partial charge in [0.25, 0.3) is 5.91 Å². The molecule has 0 radical (unpaired) electrons. The summed E-state index contributed by atoms with van der Waals surface area (Å²) in [5, 5.41) is 5.79. The molecule has 1 aromatic heterocycles. The molecule has 3 aliphatic rings. The molecule has 2 N–H and O–H groups in total. The lowest BCUT2D eigenvalue weighted by atomic mass is 9.98. The van der Waals surface area contributed by atoms with E-state index in [2.05, 4.69) is 15.6 Å². The van der Waals surface area contributed by atoms with E-state index >= 15 is 0 Å². The summed E-state index contributed by atoms with van der Waals surface area (Å²) in [7, 11) is 1.59. The Labute approximate surface area is 286 Å². The second-order valence-electron chi connectivity index (χ2n) is 12.6. The molecule has 0 spiro atoms. The van der Waals surface area contributed by atoms with Crippen LogP contribution < -0.4 is 24.8 Å². The van der Waals surface area contributed by atoms with Gasteiger partial charge < -0.3 is 34.6 Å². The van der Waals surface area contributed by atoms with E-state index in [0.29, 0.717) is 119 Å². The van der Waals surface area contributed by atoms with Gasteiger partial charge in [-0.1, -0.05) is 6.07 Å². The number of methoxy groups -OCH3 is 1. The van der Waals surface area contributed by atoms with Crippen molar-refractivity contribution in [2.75, 3.05) is 46.5 Å². The average molecular weight is 670 g/mol. The number of nitrogens with zero attached hydrogens (tertiary/aromatic N) is 3. The van der Waals surface area contributed by atoms with Gasteiger partial charge in [-0.25, -0.2) is 0 Å². The Morgan fingerprint density at radius 3 is 2.65 bits per heavy atom. The Balaban J connectivity index is 1.29. The van der Waals surface area contributed by atoms with Crippen LogP contribution in [0.2, 0.25) is 0 Å². The smallest absolute Gasteiger partial charge is 0.251 e. The summed E-state index contributed by atoms with van der Waals surface area (Å²) in [6.45, 7) is 2.77. The number of benzene rings is 2. The molecule has 1 atom stereocenters. The third-order valence-electron chi connectivity index (χ3n) is 9.15. The molecule has 4 amide bonds. The molecule has 12 nitrogen and oxygen atoms in total. The van der Waals surface area contributed by atoms with Crippen molar-refractivity contribution in [2.45, 2.75) is 57.5 Å². The van der Waals surface area contributed by atoms with Crippen molar-refractivity contribution >= 4 is 23.6 Å². The molecule has 258 valence electrons. The maximum absolute atomic E-state index is 13.4. The molecular formula is C37H43N5O7. The van der Waals surface area contributed by atoms with Crippen LogP contribution >= 0.6 is 0 Å². The Morgan fingerprint density at radius 1 is 0.980 bits per heavy atom. The number of ether oxygens (including phenoxy) is 3. The van der Waals surface area contributed by atoms with Gasteiger partial charge in [0.2, 0.25) is 17.7 Å². The number of fused-ring (bicyclic) bond motifs is 7. The van der Waals surface area contributed by atoms with Crippen LogP contribution in [0.4, 0.5) is 0 Å². The number of carbonyl (C=O) groups is 4. The zero-order chi connectivity index (χ0) is 34.2. The summed E-state index contributed by atoms with van der Waals surface area (Å²) in [4.78, 5) is 59.6. The van der Waals surface area contributed by atoms with E-state index in [4.69, 9.17) is 14.2 Å². The number of hydrogen-bond donors (Lipinski definition) is 2. The molecular weight excluding hydrogens is 626 g/mol. The van der Waals surface area contributed by atoms with Gasteiger partial charge in [0.15, 0.2) is 11.5 Å². The molecule has 0 aliphatic carbocycles. The molecule has 1 unspecified atom stereocenters. The largest absolute Gasteiger partial charge is 0.496 e. The third-order valence-corrected chi connectivity index (χ3v) is 9.15. The highest BCUT2D eigenvalue weighted by atomic mass is 16.5. The SMILES string of the molecule is COc1ccc2cc1-c1cc3c(c(c1)OCCCN(C(=O)C1CCC(=O)N1)CCCCNC2=O)OCCN(C(=O)CCc1cccnc1)C3. The third kappa shape index (κ3) is 8.30. The fourth-order valence-electron chi connectivity index (χ4n) is 6.51. The van der Waals surface area contributed by atoms with E-state index in [-0.39, 0.29) is 23.6 Å². The first-order valence-corrected chi connectivity index (χ1v) is 17.0. The van der Waals surface area contributed by atoms with Crippen LogP contribution in [0.5, 0.6) is 17.2 Å². The predicted molar refractivity (Wildman–Crippen MR) is 181 cm³/mol. The minimum Gasteiger partial charge on any atom is -0.496 e. The highest BCUT2D eigenvalue weighted by molar-refractivity contribution is 5.96. The monoisotopic (exact) mass is 669 g/mol. The molecule has 12 heteroatoms. The van der Waals surface area contributed by atoms with Gasteiger partial charge in [0.05, 0.1) is 20.3 Å². The number of hydrogen-bond acceptors (Lipinski definition) is 8. The summed E-state index contributed by atoms with van der Waals surface area (Å²) >= 11 is 0. The van der Waals surface area contributed by atoms with Gasteiger partial charge in [-0.05, 0) is 79.6 Å². The van der Waals surface area contributed by atoms with Crippen LogP contribution in [0.15, 0.2) is 54.9 Å². The lowest BCUT2D eigenvalue weighted by molar-refractivity contribution is -0.134. The second kappa shape index (κ2) is 15.8. The zero-order valence-corrected chi connectivity index (χ0v) is 27.9. The highest BCUT2D eigenvalue weighted by Crippen LogP contribution is 2.41. The summed E-state index contributed by atoms with van der Waals surface area (Å²) in [6, 6.07) is 12.5. The standard InChI is InChI=1S/C37H43N5O7/c1-47-31-10-8-26-21-29(31)27-20-28-24-42(34(44)12-7-25-6-4-13-38-23-25)17-19-49-35(28)32(22-27)48-18-5-16-41(15-3-2-14-39-36(26)45)37(46)30-9-11-33(43)40-30/h4,6,8,10,13,20-23,30H,2-3,5,7,9,11-12,14-19,24H2,1H3,(H,39,45)(H,40,43). The molecule has 3 aliphatic heterocycles. The van der Waals surface area contributed by atoms with Crippen molar-refractivity contribution in [3.63, 3.8) is 0 Å². The molecule has 4 heterocycles. The maximum Gasteiger partial charge on any atom is 0.251 e. The van der Waals surface area contributed by atoms with E-state index < -0.39 is 6.04 Å². The van der Waals surface area contributed by atoms with E-state index in [1.165, 1.54) is 0 Å². The van der Waals surface area contributed by atoms with E-state index in [1.54, 1.807) is 41.4 Å². The quantitative estimate of drug-likeness (QED) is 0.421. The van der Waals surface area contributed by atoms with Crippen LogP contribution in [0.25, 0.3) is 11.1 Å². The Bertz CT molecular complexity index is 1680. The first kappa shape index (κ1) is 33.8. The van der Waals surface area contributed by atoms with Crippen LogP contribution in [0, 0.1) is 0 Å². The molecule has 0 saturated carbocycles. The van der Waals surface area contributed by atoms with Crippen molar-refractivity contribution < 1.29 is 33.4 Å². The van der Waals surface area contributed by atoms with Crippen molar-refractivity contribution in [3.8, 4) is 28.4 Å².